The minimum absolute atomic E-state index is 0.0705. The Labute approximate surface area is 169 Å². The van der Waals surface area contributed by atoms with Crippen LogP contribution in [0.25, 0.3) is 6.08 Å². The van der Waals surface area contributed by atoms with E-state index >= 15 is 0 Å². The largest absolute Gasteiger partial charge is 0.497 e. The molecule has 150 valence electrons. The lowest BCUT2D eigenvalue weighted by Crippen LogP contribution is -2.15. The summed E-state index contributed by atoms with van der Waals surface area (Å²) >= 11 is 0. The molecule has 0 aliphatic heterocycles. The van der Waals surface area contributed by atoms with Gasteiger partial charge in [0.15, 0.2) is 0 Å². The predicted molar refractivity (Wildman–Crippen MR) is 111 cm³/mol. The maximum absolute atomic E-state index is 12.8. The van der Waals surface area contributed by atoms with E-state index < -0.39 is 15.9 Å². The number of anilines is 2. The first-order valence-corrected chi connectivity index (χ1v) is 10.2. The summed E-state index contributed by atoms with van der Waals surface area (Å²) in [5, 5.41) is 2.65. The number of hydrogen-bond acceptors (Lipinski definition) is 5. The van der Waals surface area contributed by atoms with Crippen LogP contribution in [0.5, 0.6) is 5.75 Å². The molecule has 1 aromatic heterocycles. The van der Waals surface area contributed by atoms with Crippen LogP contribution in [0, 0.1) is 6.92 Å². The zero-order chi connectivity index (χ0) is 20.9. The maximum Gasteiger partial charge on any atom is 0.262 e. The molecule has 0 saturated carbocycles. The van der Waals surface area contributed by atoms with Gasteiger partial charge in [-0.2, -0.15) is 0 Å². The molecule has 2 aromatic carbocycles. The molecule has 0 spiro atoms. The Balaban J connectivity index is 1.77. The molecule has 0 unspecified atom stereocenters. The third kappa shape index (κ3) is 5.26. The van der Waals surface area contributed by atoms with Crippen molar-refractivity contribution in [2.45, 2.75) is 11.8 Å². The second-order valence-corrected chi connectivity index (χ2v) is 7.80. The van der Waals surface area contributed by atoms with Gasteiger partial charge in [0.05, 0.1) is 18.3 Å². The first-order chi connectivity index (χ1) is 13.9. The molecule has 0 aliphatic carbocycles. The SMILES string of the molecule is COc1ccc(NS(=O)(=O)c2cc(NC(=O)/C=C/c3ccco3)ccc2C)cc1. The number of amides is 1. The smallest absolute Gasteiger partial charge is 0.262 e. The molecule has 2 N–H and O–H groups in total. The Morgan fingerprint density at radius 2 is 1.79 bits per heavy atom. The Morgan fingerprint density at radius 3 is 2.45 bits per heavy atom. The van der Waals surface area contributed by atoms with E-state index in [4.69, 9.17) is 9.15 Å². The lowest BCUT2D eigenvalue weighted by Gasteiger charge is -2.12. The van der Waals surface area contributed by atoms with Gasteiger partial charge in [-0.05, 0) is 67.1 Å². The van der Waals surface area contributed by atoms with Crippen LogP contribution >= 0.6 is 0 Å². The van der Waals surface area contributed by atoms with Crippen molar-refractivity contribution in [2.24, 2.45) is 0 Å². The van der Waals surface area contributed by atoms with E-state index in [2.05, 4.69) is 10.0 Å². The number of aryl methyl sites for hydroxylation is 1. The van der Waals surface area contributed by atoms with Gasteiger partial charge >= 0.3 is 0 Å². The summed E-state index contributed by atoms with van der Waals surface area (Å²) in [6.07, 6.45) is 4.33. The third-order valence-corrected chi connectivity index (χ3v) is 5.55. The van der Waals surface area contributed by atoms with E-state index in [0.717, 1.165) is 0 Å². The highest BCUT2D eigenvalue weighted by Crippen LogP contribution is 2.24. The van der Waals surface area contributed by atoms with E-state index in [0.29, 0.717) is 28.4 Å². The highest BCUT2D eigenvalue weighted by molar-refractivity contribution is 7.92. The predicted octanol–water partition coefficient (Wildman–Crippen LogP) is 4.05. The van der Waals surface area contributed by atoms with Crippen molar-refractivity contribution in [2.75, 3.05) is 17.1 Å². The molecule has 1 heterocycles. The third-order valence-electron chi connectivity index (χ3n) is 4.03. The number of carbonyl (C=O) groups excluding carboxylic acids is 1. The topological polar surface area (TPSA) is 97.6 Å². The highest BCUT2D eigenvalue weighted by Gasteiger charge is 2.18. The first-order valence-electron chi connectivity index (χ1n) is 8.67. The van der Waals surface area contributed by atoms with Crippen LogP contribution in [0.15, 0.2) is 76.2 Å². The molecule has 8 heteroatoms. The molecule has 0 bridgehead atoms. The number of rotatable bonds is 7. The van der Waals surface area contributed by atoms with Crippen molar-refractivity contribution in [1.29, 1.82) is 0 Å². The van der Waals surface area contributed by atoms with E-state index in [9.17, 15) is 13.2 Å². The zero-order valence-electron chi connectivity index (χ0n) is 15.9. The summed E-state index contributed by atoms with van der Waals surface area (Å²) in [4.78, 5) is 12.2. The van der Waals surface area contributed by atoms with E-state index in [-0.39, 0.29) is 4.90 Å². The van der Waals surface area contributed by atoms with Crippen LogP contribution < -0.4 is 14.8 Å². The molecular formula is C21H20N2O5S. The van der Waals surface area contributed by atoms with Gasteiger partial charge in [0.1, 0.15) is 11.5 Å². The Hall–Kier alpha value is -3.52. The fourth-order valence-electron chi connectivity index (χ4n) is 2.56. The van der Waals surface area contributed by atoms with Gasteiger partial charge in [-0.25, -0.2) is 8.42 Å². The van der Waals surface area contributed by atoms with Crippen molar-refractivity contribution in [3.63, 3.8) is 0 Å². The van der Waals surface area contributed by atoms with E-state index in [1.807, 2.05) is 0 Å². The number of methoxy groups -OCH3 is 1. The summed E-state index contributed by atoms with van der Waals surface area (Å²) in [7, 11) is -2.31. The molecule has 3 aromatic rings. The van der Waals surface area contributed by atoms with Gasteiger partial charge in [-0.1, -0.05) is 6.07 Å². The van der Waals surface area contributed by atoms with Gasteiger partial charge in [-0.3, -0.25) is 9.52 Å². The standard InChI is InChI=1S/C21H20N2O5S/c1-15-5-6-17(22-21(24)12-11-19-4-3-13-28-19)14-20(15)29(25,26)23-16-7-9-18(27-2)10-8-16/h3-14,23H,1-2H3,(H,22,24)/b12-11+. The molecule has 0 atom stereocenters. The quantitative estimate of drug-likeness (QED) is 0.571. The van der Waals surface area contributed by atoms with Gasteiger partial charge in [0.2, 0.25) is 5.91 Å². The summed E-state index contributed by atoms with van der Waals surface area (Å²) < 4.78 is 38.4. The second kappa shape index (κ2) is 8.66. The average molecular weight is 412 g/mol. The summed E-state index contributed by atoms with van der Waals surface area (Å²) in [5.41, 5.74) is 1.32. The monoisotopic (exact) mass is 412 g/mol. The number of benzene rings is 2. The fourth-order valence-corrected chi connectivity index (χ4v) is 3.89. The van der Waals surface area contributed by atoms with Crippen LogP contribution in [0.2, 0.25) is 0 Å². The average Bonchev–Trinajstić information content (AvgIpc) is 3.22. The van der Waals surface area contributed by atoms with Gasteiger partial charge < -0.3 is 14.5 Å². The second-order valence-electron chi connectivity index (χ2n) is 6.15. The van der Waals surface area contributed by atoms with Crippen molar-refractivity contribution < 1.29 is 22.4 Å². The maximum atomic E-state index is 12.8. The van der Waals surface area contributed by atoms with E-state index in [1.54, 1.807) is 55.5 Å². The molecule has 29 heavy (non-hydrogen) atoms. The lowest BCUT2D eigenvalue weighted by molar-refractivity contribution is -0.111. The fraction of sp³-hybridized carbons (Fsp3) is 0.0952. The van der Waals surface area contributed by atoms with Crippen LogP contribution in [0.4, 0.5) is 11.4 Å². The van der Waals surface area contributed by atoms with Crippen molar-refractivity contribution in [1.82, 2.24) is 0 Å². The summed E-state index contributed by atoms with van der Waals surface area (Å²) in [5.74, 6) is 0.754. The molecule has 1 amide bonds. The lowest BCUT2D eigenvalue weighted by atomic mass is 10.2. The number of hydrogen-bond donors (Lipinski definition) is 2. The minimum atomic E-state index is -3.84. The molecule has 0 fully saturated rings. The number of furan rings is 1. The van der Waals surface area contributed by atoms with Crippen LogP contribution in [0.3, 0.4) is 0 Å². The number of sulfonamides is 1. The molecular weight excluding hydrogens is 392 g/mol. The Kier molecular flexibility index (Phi) is 6.04. The number of ether oxygens (including phenoxy) is 1. The van der Waals surface area contributed by atoms with Gasteiger partial charge in [-0.15, -0.1) is 0 Å². The Bertz CT molecular complexity index is 1120. The summed E-state index contributed by atoms with van der Waals surface area (Å²) in [6.45, 7) is 1.69. The molecule has 7 nitrogen and oxygen atoms in total. The van der Waals surface area contributed by atoms with Gasteiger partial charge in [0.25, 0.3) is 10.0 Å². The van der Waals surface area contributed by atoms with Crippen LogP contribution in [0.1, 0.15) is 11.3 Å². The number of carbonyl (C=O) groups is 1. The Morgan fingerprint density at radius 1 is 1.07 bits per heavy atom. The normalized spacial score (nSPS) is 11.4. The molecule has 0 aliphatic rings. The molecule has 0 saturated heterocycles. The van der Waals surface area contributed by atoms with Crippen molar-refractivity contribution in [3.05, 3.63) is 78.3 Å². The van der Waals surface area contributed by atoms with Crippen molar-refractivity contribution >= 4 is 33.4 Å². The summed E-state index contributed by atoms with van der Waals surface area (Å²) in [6, 6.07) is 14.7. The van der Waals surface area contributed by atoms with Crippen LogP contribution in [-0.4, -0.2) is 21.4 Å². The molecule has 3 rings (SSSR count). The zero-order valence-corrected chi connectivity index (χ0v) is 16.7. The minimum Gasteiger partial charge on any atom is -0.497 e. The van der Waals surface area contributed by atoms with Crippen LogP contribution in [-0.2, 0) is 14.8 Å². The first kappa shape index (κ1) is 20.2. The van der Waals surface area contributed by atoms with Crippen molar-refractivity contribution in [3.8, 4) is 5.75 Å². The number of nitrogens with one attached hydrogen (secondary N) is 2. The highest BCUT2D eigenvalue weighted by atomic mass is 32.2. The van der Waals surface area contributed by atoms with Gasteiger partial charge in [0, 0.05) is 17.5 Å². The molecule has 0 radical (unpaired) electrons. The van der Waals surface area contributed by atoms with E-state index in [1.165, 1.54) is 31.6 Å².